The van der Waals surface area contributed by atoms with Crippen molar-refractivity contribution in [3.8, 4) is 0 Å². The highest BCUT2D eigenvalue weighted by molar-refractivity contribution is 5.76. The van der Waals surface area contributed by atoms with Crippen molar-refractivity contribution in [2.45, 2.75) is 274 Å². The average molecular weight is 1180 g/mol. The van der Waals surface area contributed by atoms with Gasteiger partial charge >= 0.3 is 23.9 Å². The molecule has 20 atom stereocenters. The van der Waals surface area contributed by atoms with Crippen molar-refractivity contribution in [1.82, 2.24) is 9.80 Å². The van der Waals surface area contributed by atoms with Gasteiger partial charge in [-0.05, 0) is 173 Å². The lowest BCUT2D eigenvalue weighted by molar-refractivity contribution is -0.667. The molecule has 0 aromatic heterocycles. The Kier molecular flexibility index (Phi) is 19.9. The van der Waals surface area contributed by atoms with Gasteiger partial charge in [-0.15, -0.1) is 0 Å². The molecule has 8 aliphatic carbocycles. The first kappa shape index (κ1) is 65.1. The monoisotopic (exact) mass is 1180 g/mol. The Labute approximate surface area is 503 Å². The molecule has 2 amide bonds. The maximum absolute atomic E-state index is 13.5. The van der Waals surface area contributed by atoms with Crippen LogP contribution in [0.2, 0.25) is 0 Å². The van der Waals surface area contributed by atoms with Crippen LogP contribution in [0.3, 0.4) is 0 Å². The van der Waals surface area contributed by atoms with Gasteiger partial charge in [-0.2, -0.15) is 19.6 Å². The van der Waals surface area contributed by atoms with Crippen molar-refractivity contribution in [2.75, 3.05) is 26.2 Å². The topological polar surface area (TPSA) is 183 Å². The third-order valence-corrected chi connectivity index (χ3v) is 25.2. The van der Waals surface area contributed by atoms with Gasteiger partial charge in [0.25, 0.3) is 0 Å². The van der Waals surface area contributed by atoms with E-state index in [0.29, 0.717) is 64.2 Å². The molecule has 1 saturated heterocycles. The van der Waals surface area contributed by atoms with Crippen molar-refractivity contribution in [1.29, 1.82) is 0 Å². The molecular formula is C68H110N2O14. The van der Waals surface area contributed by atoms with Crippen molar-refractivity contribution >= 4 is 35.7 Å². The summed E-state index contributed by atoms with van der Waals surface area (Å²) in [7, 11) is 0. The lowest BCUT2D eigenvalue weighted by atomic mass is 9.42. The molecule has 476 valence electrons. The standard InChI is InChI=1S/C68H110N2O14/c1-15-31-69(32-16-2)59(75)25-19-41(5)49-21-23-51-61-53(37-57(65(49,51)13)79-45(9)73)63(11)27-29-67(39-47(63)35-55(61)77-43(7)71)81-83-68(84-82-67)30-28-64(12)48(40-68)36-56(78-44(8)72)62-52-24-22-50(66(52,14)58(38-54(62)64)80-46(10)74)42(6)20-26-60(76)70(33-17-3)34-18-4/h41-42,47-58,61-62H,15-40H2,1-14H3/t41?,42?,47-,48-,49-,50-,51?,52?,53?,54?,55?,56?,57+,58+,61?,62?,63+,64+,65-,66-,67?,68?/m1/s1. The number of hydrogen-bond donors (Lipinski definition) is 0. The predicted molar refractivity (Wildman–Crippen MR) is 315 cm³/mol. The van der Waals surface area contributed by atoms with E-state index in [1.807, 2.05) is 9.80 Å². The van der Waals surface area contributed by atoms with Gasteiger partial charge in [-0.25, -0.2) is 0 Å². The molecule has 0 aromatic rings. The SMILES string of the molecule is CCCN(CCC)C(=O)CCC(C)[C@H]1CCC2C3C(OC(C)=O)C[C@@H]4CC5(CC[C@]4(C)C3C[C@H](OC(C)=O)[C@@]21C)OOC1(CC[C@]2(C)C3C[C@H](OC(C)=O)[C@@]4(C)C(CC[C@@H]4C(C)CCC(=O)N(CCC)CCC)C3C(OC(C)=O)C[C@@H]2C1)OO5. The zero-order chi connectivity index (χ0) is 60.9. The van der Waals surface area contributed by atoms with Crippen LogP contribution in [-0.2, 0) is 67.3 Å². The molecule has 9 fully saturated rings. The molecule has 16 heteroatoms. The number of carbonyl (C=O) groups excluding carboxylic acids is 6. The molecule has 0 bridgehead atoms. The van der Waals surface area contributed by atoms with Crippen molar-refractivity contribution in [3.63, 3.8) is 0 Å². The summed E-state index contributed by atoms with van der Waals surface area (Å²) in [5.74, 6) is -1.68. The number of esters is 4. The van der Waals surface area contributed by atoms with Gasteiger partial charge in [0.1, 0.15) is 24.4 Å². The lowest BCUT2D eigenvalue weighted by Crippen LogP contribution is -2.66. The highest BCUT2D eigenvalue weighted by Crippen LogP contribution is 2.73. The average Bonchev–Trinajstić information content (AvgIpc) is 1.30. The Hall–Kier alpha value is -3.34. The van der Waals surface area contributed by atoms with Crippen LogP contribution in [0.15, 0.2) is 0 Å². The quantitative estimate of drug-likeness (QED) is 0.0637. The van der Waals surface area contributed by atoms with Crippen LogP contribution < -0.4 is 0 Å². The summed E-state index contributed by atoms with van der Waals surface area (Å²) < 4.78 is 25.9. The fourth-order valence-corrected chi connectivity index (χ4v) is 21.4. The summed E-state index contributed by atoms with van der Waals surface area (Å²) in [4.78, 5) is 110. The van der Waals surface area contributed by atoms with E-state index in [4.69, 9.17) is 38.5 Å². The summed E-state index contributed by atoms with van der Waals surface area (Å²) in [6, 6.07) is 0. The molecule has 8 saturated carbocycles. The molecule has 2 spiro atoms. The van der Waals surface area contributed by atoms with E-state index in [1.54, 1.807) is 0 Å². The summed E-state index contributed by atoms with van der Waals surface area (Å²) >= 11 is 0. The van der Waals surface area contributed by atoms with Crippen LogP contribution in [0.1, 0.15) is 238 Å². The van der Waals surface area contributed by atoms with Gasteiger partial charge in [-0.3, -0.25) is 28.8 Å². The van der Waals surface area contributed by atoms with Gasteiger partial charge in [0.05, 0.1) is 0 Å². The Bertz CT molecular complexity index is 2200. The van der Waals surface area contributed by atoms with Gasteiger partial charge in [0, 0.05) is 115 Å². The molecule has 0 aromatic carbocycles. The van der Waals surface area contributed by atoms with Gasteiger partial charge in [0.2, 0.25) is 23.4 Å². The van der Waals surface area contributed by atoms with Gasteiger partial charge in [-0.1, -0.05) is 69.2 Å². The first-order valence-corrected chi connectivity index (χ1v) is 33.7. The van der Waals surface area contributed by atoms with E-state index >= 15 is 0 Å². The highest BCUT2D eigenvalue weighted by atomic mass is 17.4. The van der Waals surface area contributed by atoms with Crippen molar-refractivity contribution < 1.29 is 67.3 Å². The minimum atomic E-state index is -1.20. The second-order valence-electron chi connectivity index (χ2n) is 29.9. The molecule has 16 nitrogen and oxygen atoms in total. The van der Waals surface area contributed by atoms with E-state index < -0.39 is 11.6 Å². The molecule has 1 aliphatic heterocycles. The highest BCUT2D eigenvalue weighted by Gasteiger charge is 2.72. The molecule has 10 unspecified atom stereocenters. The third kappa shape index (κ3) is 12.0. The molecule has 84 heavy (non-hydrogen) atoms. The number of ether oxygens (including phenoxy) is 4. The van der Waals surface area contributed by atoms with E-state index in [0.717, 1.165) is 103 Å². The minimum Gasteiger partial charge on any atom is -0.462 e. The Balaban J connectivity index is 0.904. The first-order chi connectivity index (χ1) is 39.8. The first-order valence-electron chi connectivity index (χ1n) is 33.7. The number of amides is 2. The van der Waals surface area contributed by atoms with Gasteiger partial charge in [0.15, 0.2) is 0 Å². The molecule has 9 rings (SSSR count). The van der Waals surface area contributed by atoms with E-state index in [1.165, 1.54) is 27.7 Å². The number of fused-ring (bicyclic) bond motifs is 10. The summed E-state index contributed by atoms with van der Waals surface area (Å²) in [5, 5.41) is 0. The second kappa shape index (κ2) is 25.6. The fourth-order valence-electron chi connectivity index (χ4n) is 21.4. The number of hydrogen-bond acceptors (Lipinski definition) is 14. The largest absolute Gasteiger partial charge is 0.462 e. The van der Waals surface area contributed by atoms with Crippen LogP contribution in [0.4, 0.5) is 0 Å². The molecular weight excluding hydrogens is 1070 g/mol. The van der Waals surface area contributed by atoms with Crippen LogP contribution in [0.5, 0.6) is 0 Å². The lowest BCUT2D eigenvalue weighted by Gasteiger charge is -2.66. The van der Waals surface area contributed by atoms with Crippen LogP contribution >= 0.6 is 0 Å². The maximum atomic E-state index is 13.5. The predicted octanol–water partition coefficient (Wildman–Crippen LogP) is 12.9. The summed E-state index contributed by atoms with van der Waals surface area (Å²) in [5.41, 5.74) is -1.20. The maximum Gasteiger partial charge on any atom is 0.302 e. The zero-order valence-corrected chi connectivity index (χ0v) is 54.2. The van der Waals surface area contributed by atoms with Crippen LogP contribution in [0, 0.1) is 92.7 Å². The van der Waals surface area contributed by atoms with E-state index in [9.17, 15) is 28.8 Å². The summed E-state index contributed by atoms with van der Waals surface area (Å²) in [6.07, 6.45) is 14.7. The minimum absolute atomic E-state index is 0.00376. The number of carbonyl (C=O) groups is 6. The molecule has 0 N–H and O–H groups in total. The molecule has 0 radical (unpaired) electrons. The zero-order valence-electron chi connectivity index (χ0n) is 54.2. The van der Waals surface area contributed by atoms with Crippen molar-refractivity contribution in [3.05, 3.63) is 0 Å². The Morgan fingerprint density at radius 2 is 0.798 bits per heavy atom. The fraction of sp³-hybridized carbons (Fsp3) is 0.912. The Morgan fingerprint density at radius 3 is 1.11 bits per heavy atom. The number of rotatable bonds is 20. The van der Waals surface area contributed by atoms with Crippen LogP contribution in [0.25, 0.3) is 0 Å². The van der Waals surface area contributed by atoms with E-state index in [2.05, 4.69) is 69.2 Å². The molecule has 9 aliphatic rings. The number of nitrogens with zero attached hydrogens (tertiary/aromatic N) is 2. The normalized spacial score (nSPS) is 42.6. The van der Waals surface area contributed by atoms with Crippen LogP contribution in [-0.4, -0.2) is 108 Å². The van der Waals surface area contributed by atoms with E-state index in [-0.39, 0.29) is 153 Å². The van der Waals surface area contributed by atoms with Gasteiger partial charge < -0.3 is 28.7 Å². The van der Waals surface area contributed by atoms with Crippen molar-refractivity contribution in [2.24, 2.45) is 92.7 Å². The Morgan fingerprint density at radius 1 is 0.464 bits per heavy atom. The molecule has 1 heterocycles. The summed E-state index contributed by atoms with van der Waals surface area (Å²) in [6.45, 7) is 31.6. The second-order valence-corrected chi connectivity index (χ2v) is 29.9. The third-order valence-electron chi connectivity index (χ3n) is 25.2. The smallest absolute Gasteiger partial charge is 0.302 e.